The Morgan fingerprint density at radius 2 is 2.18 bits per heavy atom. The van der Waals surface area contributed by atoms with Gasteiger partial charge in [-0.1, -0.05) is 11.8 Å². The number of amidine groups is 1. The lowest BCUT2D eigenvalue weighted by atomic mass is 9.75. The monoisotopic (exact) mass is 404 g/mol. The summed E-state index contributed by atoms with van der Waals surface area (Å²) in [4.78, 5) is 20.8. The molecule has 28 heavy (non-hydrogen) atoms. The fourth-order valence-corrected chi connectivity index (χ4v) is 4.57. The van der Waals surface area contributed by atoms with Gasteiger partial charge in [-0.15, -0.1) is 0 Å². The molecule has 0 unspecified atom stereocenters. The number of aliphatic imine (C=N–C) groups is 1. The Balaban J connectivity index is 1.68. The molecule has 0 radical (unpaired) electrons. The third-order valence-corrected chi connectivity index (χ3v) is 5.97. The second-order valence-corrected chi connectivity index (χ2v) is 7.76. The normalized spacial score (nSPS) is 24.2. The number of benzene rings is 1. The number of pyridine rings is 1. The van der Waals surface area contributed by atoms with Crippen LogP contribution >= 0.6 is 11.8 Å². The maximum atomic E-state index is 14.8. The largest absolute Gasteiger partial charge is 0.381 e. The lowest BCUT2D eigenvalue weighted by molar-refractivity contribution is 0.00886. The van der Waals surface area contributed by atoms with Gasteiger partial charge in [0.25, 0.3) is 5.91 Å². The van der Waals surface area contributed by atoms with E-state index < -0.39 is 23.1 Å². The molecule has 9 heteroatoms. The lowest BCUT2D eigenvalue weighted by Crippen LogP contribution is -2.47. The summed E-state index contributed by atoms with van der Waals surface area (Å²) in [7, 11) is 0. The minimum atomic E-state index is -0.813. The van der Waals surface area contributed by atoms with Crippen LogP contribution in [0.5, 0.6) is 0 Å². The van der Waals surface area contributed by atoms with Gasteiger partial charge >= 0.3 is 0 Å². The Hall–Kier alpha value is -2.52. The predicted molar refractivity (Wildman–Crippen MR) is 103 cm³/mol. The fourth-order valence-electron chi connectivity index (χ4n) is 3.60. The Morgan fingerprint density at radius 3 is 2.96 bits per heavy atom. The van der Waals surface area contributed by atoms with E-state index in [9.17, 15) is 13.6 Å². The van der Waals surface area contributed by atoms with E-state index in [1.54, 1.807) is 6.07 Å². The van der Waals surface area contributed by atoms with E-state index in [0.717, 1.165) is 12.3 Å². The topological polar surface area (TPSA) is 89.6 Å². The van der Waals surface area contributed by atoms with Gasteiger partial charge in [-0.3, -0.25) is 9.79 Å². The van der Waals surface area contributed by atoms with Crippen molar-refractivity contribution < 1.29 is 18.3 Å². The summed E-state index contributed by atoms with van der Waals surface area (Å²) in [6, 6.07) is 6.79. The van der Waals surface area contributed by atoms with Gasteiger partial charge in [0.2, 0.25) is 0 Å². The first kappa shape index (κ1) is 18.8. The van der Waals surface area contributed by atoms with Crippen LogP contribution in [0.15, 0.2) is 41.5 Å². The second-order valence-electron chi connectivity index (χ2n) is 6.72. The second kappa shape index (κ2) is 7.48. The number of anilines is 1. The van der Waals surface area contributed by atoms with E-state index in [2.05, 4.69) is 15.3 Å². The minimum absolute atomic E-state index is 0.0160. The van der Waals surface area contributed by atoms with Gasteiger partial charge in [0.15, 0.2) is 5.17 Å². The molecule has 1 aromatic carbocycles. The van der Waals surface area contributed by atoms with Crippen LogP contribution in [0, 0.1) is 17.6 Å². The maximum absolute atomic E-state index is 14.8. The highest BCUT2D eigenvalue weighted by Gasteiger charge is 2.47. The molecule has 3 heterocycles. The molecule has 1 amide bonds. The number of carbonyl (C=O) groups excluding carboxylic acids is 1. The summed E-state index contributed by atoms with van der Waals surface area (Å²) in [5.74, 6) is -0.784. The highest BCUT2D eigenvalue weighted by Crippen LogP contribution is 2.46. The zero-order valence-electron chi connectivity index (χ0n) is 14.8. The van der Waals surface area contributed by atoms with Gasteiger partial charge in [-0.05, 0) is 30.3 Å². The van der Waals surface area contributed by atoms with Gasteiger partial charge in [0.05, 0.1) is 18.3 Å². The van der Waals surface area contributed by atoms with Crippen molar-refractivity contribution in [1.29, 1.82) is 0 Å². The summed E-state index contributed by atoms with van der Waals surface area (Å²) < 4.78 is 33.4. The molecule has 0 aliphatic carbocycles. The van der Waals surface area contributed by atoms with Crippen LogP contribution in [0.2, 0.25) is 0 Å². The van der Waals surface area contributed by atoms with Crippen molar-refractivity contribution in [3.63, 3.8) is 0 Å². The molecule has 2 aliphatic rings. The molecule has 146 valence electrons. The molecule has 1 saturated heterocycles. The third-order valence-electron chi connectivity index (χ3n) is 5.01. The Bertz CT molecular complexity index is 938. The standard InChI is InChI=1S/C19H18F2N4O2S/c20-12-1-4-16(23-8-12)17(26)24-13-2-3-15(21)14(7-13)19-5-6-27-9-11(19)10-28-18(22)25-19/h1-4,7-8,11H,5-6,9-10H2,(H2,22,25)(H,24,26)/t11-,19-/m0/s1. The first-order valence-corrected chi connectivity index (χ1v) is 9.75. The summed E-state index contributed by atoms with van der Waals surface area (Å²) in [6.45, 7) is 0.923. The van der Waals surface area contributed by atoms with Crippen LogP contribution in [0.1, 0.15) is 22.5 Å². The van der Waals surface area contributed by atoms with Crippen molar-refractivity contribution in [3.05, 3.63) is 59.4 Å². The number of nitrogens with two attached hydrogens (primary N) is 1. The zero-order chi connectivity index (χ0) is 19.7. The number of nitrogens with zero attached hydrogens (tertiary/aromatic N) is 2. The number of rotatable bonds is 3. The highest BCUT2D eigenvalue weighted by atomic mass is 32.2. The van der Waals surface area contributed by atoms with Crippen molar-refractivity contribution in [3.8, 4) is 0 Å². The van der Waals surface area contributed by atoms with Gasteiger partial charge in [0.1, 0.15) is 17.3 Å². The number of thioether (sulfide) groups is 1. The molecule has 0 bridgehead atoms. The van der Waals surface area contributed by atoms with E-state index in [1.807, 2.05) is 0 Å². The third kappa shape index (κ3) is 3.47. The van der Waals surface area contributed by atoms with Crippen LogP contribution in [-0.4, -0.2) is 35.0 Å². The summed E-state index contributed by atoms with van der Waals surface area (Å²) in [6.07, 6.45) is 1.47. The van der Waals surface area contributed by atoms with Gasteiger partial charge < -0.3 is 15.8 Å². The Labute approximate surface area is 164 Å². The minimum Gasteiger partial charge on any atom is -0.381 e. The molecule has 2 atom stereocenters. The van der Waals surface area contributed by atoms with Gasteiger partial charge in [0, 0.05) is 35.9 Å². The van der Waals surface area contributed by atoms with Crippen LogP contribution in [-0.2, 0) is 10.3 Å². The average molecular weight is 404 g/mol. The summed E-state index contributed by atoms with van der Waals surface area (Å²) in [5, 5.41) is 3.10. The van der Waals surface area contributed by atoms with Gasteiger partial charge in [-0.2, -0.15) is 0 Å². The first-order chi connectivity index (χ1) is 13.5. The number of hydrogen-bond acceptors (Lipinski definition) is 6. The van der Waals surface area contributed by atoms with E-state index >= 15 is 0 Å². The Morgan fingerprint density at radius 1 is 1.32 bits per heavy atom. The molecule has 2 aliphatic heterocycles. The number of hydrogen-bond donors (Lipinski definition) is 2. The van der Waals surface area contributed by atoms with Crippen molar-refractivity contribution in [2.24, 2.45) is 16.6 Å². The number of fused-ring (bicyclic) bond motifs is 1. The molecule has 1 fully saturated rings. The first-order valence-electron chi connectivity index (χ1n) is 8.77. The number of ether oxygens (including phenoxy) is 1. The fraction of sp³-hybridized carbons (Fsp3) is 0.316. The number of nitrogens with one attached hydrogen (secondary N) is 1. The van der Waals surface area contributed by atoms with E-state index in [1.165, 1.54) is 30.0 Å². The van der Waals surface area contributed by atoms with Crippen LogP contribution in [0.4, 0.5) is 14.5 Å². The predicted octanol–water partition coefficient (Wildman–Crippen LogP) is 2.91. The van der Waals surface area contributed by atoms with Gasteiger partial charge in [-0.25, -0.2) is 13.8 Å². The molecular weight excluding hydrogens is 386 g/mol. The van der Waals surface area contributed by atoms with Crippen LogP contribution in [0.25, 0.3) is 0 Å². The van der Waals surface area contributed by atoms with Crippen molar-refractivity contribution >= 4 is 28.5 Å². The average Bonchev–Trinajstić information content (AvgIpc) is 2.69. The number of amides is 1. The van der Waals surface area contributed by atoms with Crippen LogP contribution < -0.4 is 11.1 Å². The number of aromatic nitrogens is 1. The van der Waals surface area contributed by atoms with Crippen LogP contribution in [0.3, 0.4) is 0 Å². The molecule has 3 N–H and O–H groups in total. The maximum Gasteiger partial charge on any atom is 0.274 e. The van der Waals surface area contributed by atoms with E-state index in [0.29, 0.717) is 41.8 Å². The molecule has 0 saturated carbocycles. The number of halogens is 2. The molecular formula is C19H18F2N4O2S. The zero-order valence-corrected chi connectivity index (χ0v) is 15.6. The number of carbonyl (C=O) groups is 1. The molecule has 2 aromatic rings. The van der Waals surface area contributed by atoms with Crippen molar-refractivity contribution in [2.45, 2.75) is 12.0 Å². The lowest BCUT2D eigenvalue weighted by Gasteiger charge is -2.44. The summed E-state index contributed by atoms with van der Waals surface area (Å²) in [5.41, 5.74) is 6.00. The molecule has 4 rings (SSSR count). The molecule has 1 aromatic heterocycles. The van der Waals surface area contributed by atoms with E-state index in [-0.39, 0.29) is 11.6 Å². The molecule has 6 nitrogen and oxygen atoms in total. The SMILES string of the molecule is NC1=N[C@@]2(c3cc(NC(=O)c4ccc(F)cn4)ccc3F)CCOC[C@H]2CS1. The van der Waals surface area contributed by atoms with Crippen molar-refractivity contribution in [2.75, 3.05) is 24.3 Å². The Kier molecular flexibility index (Phi) is 5.03. The molecule has 0 spiro atoms. The quantitative estimate of drug-likeness (QED) is 0.821. The smallest absolute Gasteiger partial charge is 0.274 e. The van der Waals surface area contributed by atoms with E-state index in [4.69, 9.17) is 10.5 Å². The highest BCUT2D eigenvalue weighted by molar-refractivity contribution is 8.13. The van der Waals surface area contributed by atoms with Crippen molar-refractivity contribution in [1.82, 2.24) is 4.98 Å². The summed E-state index contributed by atoms with van der Waals surface area (Å²) >= 11 is 1.43.